The number of anilines is 4. The number of aromatic nitrogens is 2. The van der Waals surface area contributed by atoms with Gasteiger partial charge >= 0.3 is 60.6 Å². The number of hydrogen-bond acceptors (Lipinski definition) is 14. The van der Waals surface area contributed by atoms with Crippen molar-refractivity contribution in [3.8, 4) is 0 Å². The van der Waals surface area contributed by atoms with Crippen LogP contribution in [0.4, 0.5) is 41.1 Å². The molecule has 3 unspecified atom stereocenters. The molecule has 4 N–H and O–H groups in total. The van der Waals surface area contributed by atoms with Crippen molar-refractivity contribution in [2.24, 2.45) is 11.7 Å². The Kier molecular flexibility index (Phi) is 28.6. The summed E-state index contributed by atoms with van der Waals surface area (Å²) < 4.78 is 40.5. The van der Waals surface area contributed by atoms with Gasteiger partial charge in [-0.3, -0.25) is 24.0 Å². The fourth-order valence-corrected chi connectivity index (χ4v) is 14.1. The van der Waals surface area contributed by atoms with Crippen LogP contribution >= 0.6 is 40.7 Å². The van der Waals surface area contributed by atoms with E-state index in [1.807, 2.05) is 172 Å². The second-order valence-electron chi connectivity index (χ2n) is 26.5. The van der Waals surface area contributed by atoms with E-state index in [9.17, 15) is 42.3 Å². The van der Waals surface area contributed by atoms with Crippen LogP contribution in [-0.4, -0.2) is 119 Å². The van der Waals surface area contributed by atoms with Gasteiger partial charge in [0.25, 0.3) is 0 Å². The maximum absolute atomic E-state index is 14.4. The average molecular weight is 1630 g/mol. The number of carbonyl (C=O) groups excluding carboxylic acids is 9. The molecule has 4 aliphatic heterocycles. The molecule has 2 fully saturated rings. The topological polar surface area (TPSA) is 245 Å². The maximum atomic E-state index is 14.4. The van der Waals surface area contributed by atoms with Gasteiger partial charge in [-0.1, -0.05) is 60.7 Å². The summed E-state index contributed by atoms with van der Waals surface area (Å²) in [5, 5.41) is 15.5. The molecule has 2 saturated heterocycles. The van der Waals surface area contributed by atoms with E-state index >= 15 is 0 Å². The molecule has 0 aliphatic carbocycles. The Hall–Kier alpha value is -8.02. The van der Waals surface area contributed by atoms with E-state index in [0.717, 1.165) is 90.8 Å². The second-order valence-corrected chi connectivity index (χ2v) is 37.8. The number of aryl methyl sites for hydroxylation is 2. The summed E-state index contributed by atoms with van der Waals surface area (Å²) in [6.07, 6.45) is 9.12. The normalized spacial score (nSPS) is 16.3. The minimum atomic E-state index is -0.988. The van der Waals surface area contributed by atoms with Crippen LogP contribution in [0.25, 0.3) is 21.8 Å². The molecule has 12 rings (SSSR count). The number of ether oxygens (including phenoxy) is 2. The number of benzene rings is 4. The molecule has 8 heterocycles. The number of ketones is 1. The Morgan fingerprint density at radius 1 is 0.683 bits per heavy atom. The maximum Gasteiger partial charge on any atom is 0.373 e. The summed E-state index contributed by atoms with van der Waals surface area (Å²) >= 11 is 4.62. The van der Waals surface area contributed by atoms with Crippen molar-refractivity contribution in [3.63, 3.8) is 0 Å². The third-order valence-corrected chi connectivity index (χ3v) is 18.3. The van der Waals surface area contributed by atoms with Crippen LogP contribution in [0, 0.1) is 5.92 Å². The summed E-state index contributed by atoms with van der Waals surface area (Å²) in [5.74, 6) is -1.09. The van der Waals surface area contributed by atoms with E-state index in [4.69, 9.17) is 35.5 Å². The van der Waals surface area contributed by atoms with Crippen LogP contribution in [0.2, 0.25) is 0 Å². The molecule has 8 aromatic rings. The minimum Gasteiger partial charge on any atom is -0.320 e. The Bertz CT molecular complexity index is 4260. The van der Waals surface area contributed by atoms with Gasteiger partial charge < -0.3 is 54.6 Å². The van der Waals surface area contributed by atoms with Gasteiger partial charge in [-0.2, -0.15) is 32.3 Å². The van der Waals surface area contributed by atoms with Crippen LogP contribution < -0.4 is 36.0 Å². The first-order valence-corrected chi connectivity index (χ1v) is 41.1. The van der Waals surface area contributed by atoms with Gasteiger partial charge in [0.1, 0.15) is 24.6 Å². The number of hydrogen-bond donors (Lipinski definition) is 3. The number of nitrogens with one attached hydrogen (secondary N) is 2. The van der Waals surface area contributed by atoms with Crippen molar-refractivity contribution in [3.05, 3.63) is 164 Å². The van der Waals surface area contributed by atoms with E-state index in [1.165, 1.54) is 18.0 Å². The Labute approximate surface area is 611 Å². The average Bonchev–Trinajstić information content (AvgIpc) is 0.843. The molecule has 101 heavy (non-hydrogen) atoms. The van der Waals surface area contributed by atoms with Gasteiger partial charge in [-0.05, 0) is 165 Å². The number of amides is 6. The molecule has 0 spiro atoms. The first-order chi connectivity index (χ1) is 48.2. The number of halogens is 3. The fourth-order valence-electron chi connectivity index (χ4n) is 12.7. The number of alkyl carbamates (subject to hydrolysis) is 2. The number of thiophene rings is 2. The number of rotatable bonds is 19. The number of fused-ring (bicyclic) bond motifs is 4. The predicted octanol–water partition coefficient (Wildman–Crippen LogP) is 13.5. The molecule has 0 radical (unpaired) electrons. The van der Waals surface area contributed by atoms with E-state index in [0.29, 0.717) is 71.4 Å². The molecule has 538 valence electrons. The molecule has 4 aromatic carbocycles. The smallest absolute Gasteiger partial charge is 0.320 e. The van der Waals surface area contributed by atoms with Gasteiger partial charge in [-0.25, -0.2) is 18.4 Å². The van der Waals surface area contributed by atoms with Crippen molar-refractivity contribution in [1.82, 2.24) is 19.8 Å². The SMILES string of the molecule is CC(C)(C)OC(=O)NCCc1cn(CCF)c2ccccc12.CC(C)(C)OC(=O)N[C@H](Cc1cn(CCF)c2ccccc12)C(=O)CC1Cc2cccc(N3CCCC3=O)c2N(Cc2ccsc2)C1=O.C[S](Cl)=[W].NC1Cc2cccc(N3CCCC3=O)c2N(Cc2ccsc2)C1=O.O=C=O. The number of para-hydroxylation sites is 4. The number of carbonyl (C=O) groups is 7. The molecular formula is C74H86ClF2N9O11S3W. The van der Waals surface area contributed by atoms with Crippen LogP contribution in [-0.2, 0) is 113 Å². The van der Waals surface area contributed by atoms with Crippen LogP contribution in [0.5, 0.6) is 0 Å². The predicted molar refractivity (Wildman–Crippen MR) is 391 cm³/mol. The first-order valence-electron chi connectivity index (χ1n) is 33.2. The molecule has 6 amide bonds. The molecule has 27 heteroatoms. The van der Waals surface area contributed by atoms with Gasteiger partial charge in [-0.15, -0.1) is 0 Å². The number of nitrogens with two attached hydrogens (primary N) is 1. The number of alkyl halides is 2. The van der Waals surface area contributed by atoms with Crippen LogP contribution in [0.3, 0.4) is 0 Å². The molecule has 20 nitrogen and oxygen atoms in total. The standard InChI is InChI=1S/C37H41FN4O5S.C18H19N3O2S.C17H23FN2O2.CH3ClS.CO2.W/c1-37(2,3)47-36(46)39-29(19-27-22-40(16-14-38)30-10-5-4-9-28(27)30)32(43)20-26-18-25-8-6-11-31(41-15-7-12-33(41)44)34(25)42(35(26)45)21-24-13-17-48-23-24;19-14-9-13-3-1-4-15(20-7-2-5-16(20)22)17(13)21(18(14)23)10-12-6-8-24-11-12;1-17(2,3)22-16(21)19-10-8-13-12-20(11-9-18)15-7-5-4-6-14(13)15;1-3-2;2-1-3;/h4-6,8-11,13,17,22-23,26,29H,7,12,14-16,18-21H2,1-3H3,(H,39,46);1,3-4,6,8,11,14H,2,5,7,9-10,19H2;4-7,12H,8-11H2,1-3H3,(H,19,21);1H3;;/t26?,29-;;;;;/m1...../s1. The largest absolute Gasteiger partial charge is 0.373 e. The van der Waals surface area contributed by atoms with Gasteiger partial charge in [0.05, 0.1) is 61.0 Å². The summed E-state index contributed by atoms with van der Waals surface area (Å²) in [7, 11) is 5.53. The van der Waals surface area contributed by atoms with Gasteiger partial charge in [0, 0.05) is 85.4 Å². The van der Waals surface area contributed by atoms with Crippen molar-refractivity contribution in [1.29, 1.82) is 0 Å². The zero-order chi connectivity index (χ0) is 73.1. The van der Waals surface area contributed by atoms with Crippen LogP contribution in [0.1, 0.15) is 107 Å². The van der Waals surface area contributed by atoms with Gasteiger partial charge in [0.2, 0.25) is 23.6 Å². The molecule has 0 saturated carbocycles. The number of Topliss-reactive ketones (excluding diaryl/α,β-unsaturated/α-hetero) is 1. The summed E-state index contributed by atoms with van der Waals surface area (Å²) in [6.45, 7) is 12.9. The van der Waals surface area contributed by atoms with Crippen LogP contribution in [0.15, 0.2) is 131 Å². The molecular weight excluding hydrogens is 1540 g/mol. The number of nitrogens with zero attached hydrogens (tertiary/aromatic N) is 6. The van der Waals surface area contributed by atoms with Gasteiger partial charge in [0.15, 0.2) is 5.78 Å². The van der Waals surface area contributed by atoms with Crippen molar-refractivity contribution < 1.29 is 79.4 Å². The second kappa shape index (κ2) is 36.7. The Balaban J connectivity index is 0.000000203. The minimum absolute atomic E-state index is 0.0348. The third-order valence-electron chi connectivity index (χ3n) is 16.8. The molecule has 4 aliphatic rings. The van der Waals surface area contributed by atoms with E-state index in [1.54, 1.807) is 58.1 Å². The molecule has 4 aromatic heterocycles. The molecule has 0 bridgehead atoms. The van der Waals surface area contributed by atoms with Crippen molar-refractivity contribution in [2.75, 3.05) is 58.8 Å². The van der Waals surface area contributed by atoms with E-state index < -0.39 is 54.7 Å². The fraction of sp³-hybridized carbons (Fsp3) is 0.405. The summed E-state index contributed by atoms with van der Waals surface area (Å²) in [5.41, 5.74) is 15.6. The summed E-state index contributed by atoms with van der Waals surface area (Å²) in [6, 6.07) is 29.6. The first kappa shape index (κ1) is 78.7. The zero-order valence-corrected chi connectivity index (χ0v) is 63.8. The third kappa shape index (κ3) is 21.5. The Morgan fingerprint density at radius 3 is 1.61 bits per heavy atom. The zero-order valence-electron chi connectivity index (χ0n) is 57.7. The summed E-state index contributed by atoms with van der Waals surface area (Å²) in [4.78, 5) is 114. The quantitative estimate of drug-likeness (QED) is 0.0684. The Morgan fingerprint density at radius 2 is 1.15 bits per heavy atom. The molecule has 4 atom stereocenters. The van der Waals surface area contributed by atoms with Crippen molar-refractivity contribution in [2.45, 2.75) is 149 Å². The monoisotopic (exact) mass is 1630 g/mol. The van der Waals surface area contributed by atoms with E-state index in [2.05, 4.69) is 10.6 Å². The van der Waals surface area contributed by atoms with Crippen molar-refractivity contribution >= 4 is 133 Å². The van der Waals surface area contributed by atoms with E-state index in [-0.39, 0.29) is 62.3 Å².